The number of ether oxygens (including phenoxy) is 3. The molecule has 0 aromatic heterocycles. The summed E-state index contributed by atoms with van der Waals surface area (Å²) >= 11 is 1.27. The van der Waals surface area contributed by atoms with Crippen LogP contribution in [0.25, 0.3) is 0 Å². The van der Waals surface area contributed by atoms with Crippen LogP contribution < -0.4 is 5.32 Å². The van der Waals surface area contributed by atoms with Gasteiger partial charge >= 0.3 is 17.9 Å². The molecule has 0 aliphatic carbocycles. The van der Waals surface area contributed by atoms with Crippen LogP contribution >= 0.6 is 11.8 Å². The van der Waals surface area contributed by atoms with Gasteiger partial charge in [0.05, 0.1) is 17.7 Å². The van der Waals surface area contributed by atoms with Crippen LogP contribution in [-0.4, -0.2) is 84.0 Å². The molecule has 0 bridgehead atoms. The van der Waals surface area contributed by atoms with E-state index >= 15 is 0 Å². The average molecular weight is 466 g/mol. The number of fused-ring (bicyclic) bond motifs is 1. The van der Waals surface area contributed by atoms with Gasteiger partial charge in [0.2, 0.25) is 12.7 Å². The number of rotatable bonds is 8. The predicted octanol–water partition coefficient (Wildman–Crippen LogP) is 0.0949. The molecular weight excluding hydrogens is 444 g/mol. The lowest BCUT2D eigenvalue weighted by atomic mass is 9.88. The van der Waals surface area contributed by atoms with Gasteiger partial charge in [-0.3, -0.25) is 19.2 Å². The van der Waals surface area contributed by atoms with E-state index in [-0.39, 0.29) is 30.0 Å². The first-order valence-electron chi connectivity index (χ1n) is 9.55. The van der Waals surface area contributed by atoms with Crippen molar-refractivity contribution in [3.05, 3.63) is 35.4 Å². The molecule has 0 radical (unpaired) electrons. The number of carboxylic acid groups (broad SMARTS) is 1. The van der Waals surface area contributed by atoms with Crippen LogP contribution in [0.1, 0.15) is 27.6 Å². The van der Waals surface area contributed by atoms with Gasteiger partial charge in [0, 0.05) is 26.3 Å². The van der Waals surface area contributed by atoms with E-state index in [4.69, 9.17) is 9.47 Å². The lowest BCUT2D eigenvalue weighted by Crippen LogP contribution is -2.74. The minimum absolute atomic E-state index is 0.00826. The van der Waals surface area contributed by atoms with Crippen LogP contribution in [0, 0.1) is 5.41 Å². The Balaban J connectivity index is 1.67. The van der Waals surface area contributed by atoms with Crippen molar-refractivity contribution in [2.24, 2.45) is 5.41 Å². The smallest absolute Gasteiger partial charge is 0.336 e. The van der Waals surface area contributed by atoms with Gasteiger partial charge in [0.1, 0.15) is 16.8 Å². The number of β-lactam (4-membered cyclic amide) rings is 1. The predicted molar refractivity (Wildman–Crippen MR) is 110 cm³/mol. The zero-order valence-electron chi connectivity index (χ0n) is 17.4. The summed E-state index contributed by atoms with van der Waals surface area (Å²) in [6.07, 6.45) is 0. The van der Waals surface area contributed by atoms with Gasteiger partial charge in [0.15, 0.2) is 0 Å². The zero-order chi connectivity index (χ0) is 23.5. The summed E-state index contributed by atoms with van der Waals surface area (Å²) in [4.78, 5) is 61.7. The Kier molecular flexibility index (Phi) is 7.04. The largest absolute Gasteiger partial charge is 0.478 e. The number of esters is 2. The van der Waals surface area contributed by atoms with Gasteiger partial charge < -0.3 is 29.5 Å². The Hall–Kier alpha value is -3.12. The maximum absolute atomic E-state index is 12.7. The molecule has 172 valence electrons. The van der Waals surface area contributed by atoms with Crippen LogP contribution in [0.4, 0.5) is 0 Å². The monoisotopic (exact) mass is 466 g/mol. The van der Waals surface area contributed by atoms with Crippen molar-refractivity contribution < 1.29 is 43.3 Å². The molecule has 2 N–H and O–H groups in total. The summed E-state index contributed by atoms with van der Waals surface area (Å²) in [5, 5.41) is 11.4. The van der Waals surface area contributed by atoms with E-state index in [1.54, 1.807) is 0 Å². The van der Waals surface area contributed by atoms with Crippen molar-refractivity contribution in [2.45, 2.75) is 18.3 Å². The number of aromatic carboxylic acids is 1. The van der Waals surface area contributed by atoms with Gasteiger partial charge in [0.25, 0.3) is 5.91 Å². The molecule has 2 heterocycles. The SMILES string of the molecule is COCC1(C(=O)OCOC(C)=O)CS[C@@H]2C(NC(=O)c3ccccc3C(=O)O)C(=O)N2C1. The number of nitrogens with zero attached hydrogens (tertiary/aromatic N) is 1. The lowest BCUT2D eigenvalue weighted by Gasteiger charge is -2.53. The van der Waals surface area contributed by atoms with Gasteiger partial charge in [-0.05, 0) is 12.1 Å². The molecule has 2 saturated heterocycles. The van der Waals surface area contributed by atoms with Crippen LogP contribution in [0.3, 0.4) is 0 Å². The van der Waals surface area contributed by atoms with E-state index in [1.165, 1.54) is 55.0 Å². The second-order valence-corrected chi connectivity index (χ2v) is 8.47. The number of thioether (sulfide) groups is 1. The molecule has 2 aliphatic rings. The minimum atomic E-state index is -1.25. The molecule has 3 rings (SSSR count). The highest BCUT2D eigenvalue weighted by atomic mass is 32.2. The standard InChI is InChI=1S/C20H22N2O9S/c1-11(23)30-10-31-19(28)20(8-29-2)7-22-16(25)14(17(22)32-9-20)21-15(24)12-5-3-4-6-13(12)18(26)27/h3-6,14,17H,7-10H2,1-2H3,(H,21,24)(H,26,27)/t14?,17-,20?/m1/s1. The Bertz CT molecular complexity index is 953. The normalized spacial score (nSPS) is 24.1. The Morgan fingerprint density at radius 1 is 1.22 bits per heavy atom. The Labute approximate surface area is 187 Å². The van der Waals surface area contributed by atoms with Crippen LogP contribution in [0.2, 0.25) is 0 Å². The molecule has 2 aliphatic heterocycles. The molecule has 12 heteroatoms. The maximum atomic E-state index is 12.7. The second kappa shape index (κ2) is 9.57. The van der Waals surface area contributed by atoms with E-state index in [1.807, 2.05) is 0 Å². The van der Waals surface area contributed by atoms with Gasteiger partial charge in [-0.25, -0.2) is 4.79 Å². The first kappa shape index (κ1) is 23.5. The third-order valence-corrected chi connectivity index (χ3v) is 6.73. The Morgan fingerprint density at radius 3 is 2.53 bits per heavy atom. The quantitative estimate of drug-likeness (QED) is 0.307. The van der Waals surface area contributed by atoms with Gasteiger partial charge in [-0.2, -0.15) is 0 Å². The van der Waals surface area contributed by atoms with Gasteiger partial charge in [-0.1, -0.05) is 12.1 Å². The molecule has 2 fully saturated rings. The topological polar surface area (TPSA) is 149 Å². The molecule has 2 unspecified atom stereocenters. The van der Waals surface area contributed by atoms with Crippen LogP contribution in [0.15, 0.2) is 24.3 Å². The molecule has 11 nitrogen and oxygen atoms in total. The number of nitrogens with one attached hydrogen (secondary N) is 1. The molecule has 2 amide bonds. The molecular formula is C20H22N2O9S. The number of methoxy groups -OCH3 is 1. The third kappa shape index (κ3) is 4.55. The third-order valence-electron chi connectivity index (χ3n) is 5.14. The highest BCUT2D eigenvalue weighted by Crippen LogP contribution is 2.43. The first-order chi connectivity index (χ1) is 15.2. The van der Waals surface area contributed by atoms with E-state index in [0.717, 1.165) is 0 Å². The summed E-state index contributed by atoms with van der Waals surface area (Å²) in [5.41, 5.74) is -1.37. The van der Waals surface area contributed by atoms with Crippen molar-refractivity contribution in [1.82, 2.24) is 10.2 Å². The average Bonchev–Trinajstić information content (AvgIpc) is 2.77. The van der Waals surface area contributed by atoms with Crippen molar-refractivity contribution in [3.8, 4) is 0 Å². The summed E-state index contributed by atoms with van der Waals surface area (Å²) in [6, 6.07) is 4.86. The Morgan fingerprint density at radius 2 is 1.91 bits per heavy atom. The van der Waals surface area contributed by atoms with Crippen molar-refractivity contribution >= 4 is 41.5 Å². The number of hydrogen-bond acceptors (Lipinski definition) is 9. The molecule has 1 aromatic rings. The number of hydrogen-bond donors (Lipinski definition) is 2. The highest BCUT2D eigenvalue weighted by molar-refractivity contribution is 8.00. The van der Waals surface area contributed by atoms with Gasteiger partial charge in [-0.15, -0.1) is 11.8 Å². The minimum Gasteiger partial charge on any atom is -0.478 e. The second-order valence-electron chi connectivity index (χ2n) is 7.37. The molecule has 3 atom stereocenters. The first-order valence-corrected chi connectivity index (χ1v) is 10.6. The van der Waals surface area contributed by atoms with Crippen molar-refractivity contribution in [1.29, 1.82) is 0 Å². The highest BCUT2D eigenvalue weighted by Gasteiger charge is 2.58. The molecule has 1 aromatic carbocycles. The fraction of sp³-hybridized carbons (Fsp3) is 0.450. The van der Waals surface area contributed by atoms with Crippen LogP contribution in [0.5, 0.6) is 0 Å². The zero-order valence-corrected chi connectivity index (χ0v) is 18.2. The van der Waals surface area contributed by atoms with E-state index < -0.39 is 53.3 Å². The van der Waals surface area contributed by atoms with Crippen LogP contribution in [-0.2, 0) is 28.6 Å². The lowest BCUT2D eigenvalue weighted by molar-refractivity contribution is -0.178. The number of carbonyl (C=O) groups excluding carboxylic acids is 4. The van der Waals surface area contributed by atoms with Crippen molar-refractivity contribution in [3.63, 3.8) is 0 Å². The van der Waals surface area contributed by atoms with E-state index in [2.05, 4.69) is 10.1 Å². The number of carbonyl (C=O) groups is 5. The summed E-state index contributed by atoms with van der Waals surface area (Å²) in [7, 11) is 1.42. The summed E-state index contributed by atoms with van der Waals surface area (Å²) < 4.78 is 14.9. The summed E-state index contributed by atoms with van der Waals surface area (Å²) in [5.74, 6) is -3.35. The molecule has 32 heavy (non-hydrogen) atoms. The summed E-state index contributed by atoms with van der Waals surface area (Å²) in [6.45, 7) is 0.637. The van der Waals surface area contributed by atoms with E-state index in [0.29, 0.717) is 0 Å². The van der Waals surface area contributed by atoms with E-state index in [9.17, 15) is 29.1 Å². The fourth-order valence-electron chi connectivity index (χ4n) is 3.58. The number of amides is 2. The number of carboxylic acids is 1. The fourth-order valence-corrected chi connectivity index (χ4v) is 5.10. The molecule has 0 saturated carbocycles. The van der Waals surface area contributed by atoms with Crippen molar-refractivity contribution in [2.75, 3.05) is 32.8 Å². The number of benzene rings is 1. The maximum Gasteiger partial charge on any atom is 0.336 e. The molecule has 0 spiro atoms.